The summed E-state index contributed by atoms with van der Waals surface area (Å²) >= 11 is 0. The van der Waals surface area contributed by atoms with Crippen LogP contribution in [0.4, 0.5) is 19.1 Å². The van der Waals surface area contributed by atoms with E-state index in [-0.39, 0.29) is 35.9 Å². The van der Waals surface area contributed by atoms with Crippen LogP contribution in [-0.4, -0.2) is 33.6 Å². The summed E-state index contributed by atoms with van der Waals surface area (Å²) in [6.45, 7) is 3.57. The lowest BCUT2D eigenvalue weighted by molar-refractivity contribution is -0.137. The highest BCUT2D eigenvalue weighted by atomic mass is 19.4. The first-order valence-corrected chi connectivity index (χ1v) is 7.85. The van der Waals surface area contributed by atoms with Crippen LogP contribution in [0.25, 0.3) is 11.3 Å². The van der Waals surface area contributed by atoms with Gasteiger partial charge >= 0.3 is 6.18 Å². The van der Waals surface area contributed by atoms with E-state index in [0.717, 1.165) is 12.1 Å². The summed E-state index contributed by atoms with van der Waals surface area (Å²) in [6, 6.07) is 5.31. The summed E-state index contributed by atoms with van der Waals surface area (Å²) in [5.41, 5.74) is 5.02. The Morgan fingerprint density at radius 2 is 1.85 bits per heavy atom. The zero-order valence-corrected chi connectivity index (χ0v) is 14.2. The fraction of sp³-hybridized carbons (Fsp3) is 0.353. The van der Waals surface area contributed by atoms with E-state index >= 15 is 0 Å². The summed E-state index contributed by atoms with van der Waals surface area (Å²) < 4.78 is 38.1. The minimum Gasteiger partial charge on any atom is -0.394 e. The monoisotopic (exact) mass is 368 g/mol. The molecule has 0 aliphatic carbocycles. The van der Waals surface area contributed by atoms with Crippen molar-refractivity contribution in [3.8, 4) is 11.3 Å². The number of aliphatic hydroxyl groups is 1. The second kappa shape index (κ2) is 7.69. The number of nitrogens with two attached hydrogens (primary N) is 1. The number of primary amides is 1. The Morgan fingerprint density at radius 3 is 2.31 bits per heavy atom. The molecule has 0 saturated heterocycles. The third-order valence-electron chi connectivity index (χ3n) is 3.80. The number of hydrogen-bond acceptors (Lipinski definition) is 5. The van der Waals surface area contributed by atoms with Crippen molar-refractivity contribution < 1.29 is 23.1 Å². The molecule has 6 nitrogen and oxygen atoms in total. The van der Waals surface area contributed by atoms with Gasteiger partial charge in [0.05, 0.1) is 23.9 Å². The lowest BCUT2D eigenvalue weighted by atomic mass is 10.1. The molecule has 1 heterocycles. The minimum atomic E-state index is -4.44. The van der Waals surface area contributed by atoms with E-state index in [4.69, 9.17) is 5.73 Å². The molecule has 0 spiro atoms. The van der Waals surface area contributed by atoms with Crippen molar-refractivity contribution in [2.75, 3.05) is 11.9 Å². The number of halogens is 3. The van der Waals surface area contributed by atoms with Gasteiger partial charge in [0, 0.05) is 5.56 Å². The fourth-order valence-electron chi connectivity index (χ4n) is 2.20. The average molecular weight is 368 g/mol. The number of carbonyl (C=O) groups excluding carboxylic acids is 1. The van der Waals surface area contributed by atoms with E-state index < -0.39 is 17.6 Å². The molecule has 4 N–H and O–H groups in total. The Kier molecular flexibility index (Phi) is 5.81. The van der Waals surface area contributed by atoms with Crippen LogP contribution in [0.1, 0.15) is 29.9 Å². The molecule has 1 aromatic carbocycles. The van der Waals surface area contributed by atoms with Crippen LogP contribution < -0.4 is 11.1 Å². The molecule has 0 radical (unpaired) electrons. The number of nitrogens with zero attached hydrogens (tertiary/aromatic N) is 2. The quantitative estimate of drug-likeness (QED) is 0.728. The van der Waals surface area contributed by atoms with Crippen molar-refractivity contribution in [3.63, 3.8) is 0 Å². The molecular formula is C17H19F3N4O2. The Labute approximate surface area is 148 Å². The van der Waals surface area contributed by atoms with Gasteiger partial charge in [-0.3, -0.25) is 4.79 Å². The highest BCUT2D eigenvalue weighted by molar-refractivity contribution is 5.92. The van der Waals surface area contributed by atoms with Crippen molar-refractivity contribution in [1.82, 2.24) is 9.97 Å². The molecule has 1 unspecified atom stereocenters. The molecule has 0 saturated carbocycles. The first kappa shape index (κ1) is 19.6. The van der Waals surface area contributed by atoms with Gasteiger partial charge in [-0.2, -0.15) is 13.2 Å². The molecule has 140 valence electrons. The van der Waals surface area contributed by atoms with Crippen LogP contribution in [0.5, 0.6) is 0 Å². The van der Waals surface area contributed by atoms with Gasteiger partial charge in [0.15, 0.2) is 0 Å². The smallest absolute Gasteiger partial charge is 0.394 e. The predicted molar refractivity (Wildman–Crippen MR) is 90.3 cm³/mol. The SMILES string of the molecule is CC(C)C(CO)Nc1nc(C(N)=O)cc(-c2ccc(C(F)(F)F)cc2)n1. The van der Waals surface area contributed by atoms with E-state index in [1.165, 1.54) is 18.2 Å². The average Bonchev–Trinajstić information content (AvgIpc) is 2.58. The molecule has 2 rings (SSSR count). The molecule has 1 aromatic heterocycles. The standard InChI is InChI=1S/C17H19F3N4O2/c1-9(2)14(8-25)24-16-22-12(7-13(23-16)15(21)26)10-3-5-11(6-4-10)17(18,19)20/h3-7,9,14,25H,8H2,1-2H3,(H2,21,26)(H,22,23,24). The largest absolute Gasteiger partial charge is 0.416 e. The van der Waals surface area contributed by atoms with Crippen molar-refractivity contribution in [3.05, 3.63) is 41.6 Å². The molecule has 1 atom stereocenters. The zero-order valence-electron chi connectivity index (χ0n) is 14.2. The van der Waals surface area contributed by atoms with Crippen molar-refractivity contribution in [2.24, 2.45) is 11.7 Å². The Bertz CT molecular complexity index is 777. The van der Waals surface area contributed by atoms with Gasteiger partial charge in [0.1, 0.15) is 5.69 Å². The third kappa shape index (κ3) is 4.69. The fourth-order valence-corrected chi connectivity index (χ4v) is 2.20. The first-order valence-electron chi connectivity index (χ1n) is 7.85. The van der Waals surface area contributed by atoms with Gasteiger partial charge in [-0.15, -0.1) is 0 Å². The summed E-state index contributed by atoms with van der Waals surface area (Å²) in [6.07, 6.45) is -4.44. The second-order valence-electron chi connectivity index (χ2n) is 6.08. The van der Waals surface area contributed by atoms with Gasteiger partial charge in [0.25, 0.3) is 5.91 Å². The van der Waals surface area contributed by atoms with Crippen LogP contribution in [0.3, 0.4) is 0 Å². The maximum atomic E-state index is 12.7. The number of hydrogen-bond donors (Lipinski definition) is 3. The van der Waals surface area contributed by atoms with E-state index in [1.54, 1.807) is 0 Å². The molecule has 9 heteroatoms. The van der Waals surface area contributed by atoms with Gasteiger partial charge in [-0.1, -0.05) is 26.0 Å². The number of alkyl halides is 3. The number of nitrogens with one attached hydrogen (secondary N) is 1. The number of anilines is 1. The van der Waals surface area contributed by atoms with Crippen molar-refractivity contribution in [1.29, 1.82) is 0 Å². The molecule has 0 aliphatic heterocycles. The topological polar surface area (TPSA) is 101 Å². The summed E-state index contributed by atoms with van der Waals surface area (Å²) in [5.74, 6) is -0.687. The van der Waals surface area contributed by atoms with Crippen LogP contribution in [0.15, 0.2) is 30.3 Å². The molecule has 0 aliphatic rings. The third-order valence-corrected chi connectivity index (χ3v) is 3.80. The lowest BCUT2D eigenvalue weighted by Gasteiger charge is -2.20. The van der Waals surface area contributed by atoms with Gasteiger partial charge in [0.2, 0.25) is 5.95 Å². The lowest BCUT2D eigenvalue weighted by Crippen LogP contribution is -2.30. The number of benzene rings is 1. The number of carbonyl (C=O) groups is 1. The number of rotatable bonds is 6. The normalized spacial score (nSPS) is 12.9. The van der Waals surface area contributed by atoms with Crippen molar-refractivity contribution >= 4 is 11.9 Å². The van der Waals surface area contributed by atoms with Crippen LogP contribution in [0, 0.1) is 5.92 Å². The highest BCUT2D eigenvalue weighted by Gasteiger charge is 2.30. The van der Waals surface area contributed by atoms with Crippen molar-refractivity contribution in [2.45, 2.75) is 26.1 Å². The zero-order chi connectivity index (χ0) is 19.5. The summed E-state index contributed by atoms with van der Waals surface area (Å²) in [7, 11) is 0. The van der Waals surface area contributed by atoms with Gasteiger partial charge in [-0.25, -0.2) is 9.97 Å². The van der Waals surface area contributed by atoms with Gasteiger partial charge in [-0.05, 0) is 24.1 Å². The molecular weight excluding hydrogens is 349 g/mol. The Hall–Kier alpha value is -2.68. The highest BCUT2D eigenvalue weighted by Crippen LogP contribution is 2.31. The second-order valence-corrected chi connectivity index (χ2v) is 6.08. The molecule has 26 heavy (non-hydrogen) atoms. The Balaban J connectivity index is 2.43. The van der Waals surface area contributed by atoms with E-state index in [0.29, 0.717) is 5.56 Å². The van der Waals surface area contributed by atoms with E-state index in [9.17, 15) is 23.1 Å². The summed E-state index contributed by atoms with van der Waals surface area (Å²) in [5, 5.41) is 12.3. The molecule has 0 fully saturated rings. The van der Waals surface area contributed by atoms with Crippen LogP contribution in [0.2, 0.25) is 0 Å². The maximum absolute atomic E-state index is 12.7. The van der Waals surface area contributed by atoms with E-state index in [2.05, 4.69) is 15.3 Å². The number of amides is 1. The van der Waals surface area contributed by atoms with Crippen LogP contribution >= 0.6 is 0 Å². The number of aliphatic hydroxyl groups excluding tert-OH is 1. The Morgan fingerprint density at radius 1 is 1.23 bits per heavy atom. The molecule has 1 amide bonds. The van der Waals surface area contributed by atoms with E-state index in [1.807, 2.05) is 13.8 Å². The first-order chi connectivity index (χ1) is 12.1. The number of aromatic nitrogens is 2. The summed E-state index contributed by atoms with van der Waals surface area (Å²) in [4.78, 5) is 19.7. The van der Waals surface area contributed by atoms with Crippen LogP contribution in [-0.2, 0) is 6.18 Å². The minimum absolute atomic E-state index is 0.0513. The predicted octanol–water partition coefficient (Wildman–Crippen LogP) is 2.69. The van der Waals surface area contributed by atoms with Gasteiger partial charge < -0.3 is 16.2 Å². The molecule has 0 bridgehead atoms. The molecule has 2 aromatic rings. The maximum Gasteiger partial charge on any atom is 0.416 e.